The van der Waals surface area contributed by atoms with E-state index in [1.807, 2.05) is 12.1 Å². The van der Waals surface area contributed by atoms with E-state index >= 15 is 0 Å². The summed E-state index contributed by atoms with van der Waals surface area (Å²) in [4.78, 5) is 25.3. The molecule has 228 valence electrons. The van der Waals surface area contributed by atoms with Gasteiger partial charge in [0.25, 0.3) is 8.32 Å². The van der Waals surface area contributed by atoms with Crippen molar-refractivity contribution in [2.75, 3.05) is 6.61 Å². The van der Waals surface area contributed by atoms with Crippen LogP contribution in [0.2, 0.25) is 21.7 Å². The summed E-state index contributed by atoms with van der Waals surface area (Å²) < 4.78 is 14.1. The van der Waals surface area contributed by atoms with Crippen LogP contribution in [0, 0.1) is 0 Å². The van der Waals surface area contributed by atoms with Crippen LogP contribution in [0.25, 0.3) is 0 Å². The number of rotatable bonds is 17. The Morgan fingerprint density at radius 3 is 1.61 bits per heavy atom. The van der Waals surface area contributed by atoms with Gasteiger partial charge in [0, 0.05) is 25.9 Å². The average molecular weight is 597 g/mol. The first-order valence-corrected chi connectivity index (χ1v) is 19.7. The van der Waals surface area contributed by atoms with Gasteiger partial charge in [-0.1, -0.05) is 123 Å². The first-order valence-electron chi connectivity index (χ1n) is 15.6. The van der Waals surface area contributed by atoms with Gasteiger partial charge in [0.15, 0.2) is 0 Å². The van der Waals surface area contributed by atoms with Crippen LogP contribution in [0.4, 0.5) is 0 Å². The van der Waals surface area contributed by atoms with Crippen LogP contribution < -0.4 is 10.4 Å². The molecule has 0 bridgehead atoms. The van der Waals surface area contributed by atoms with Crippen molar-refractivity contribution in [3.05, 3.63) is 60.7 Å². The van der Waals surface area contributed by atoms with Gasteiger partial charge in [-0.3, -0.25) is 4.79 Å². The van der Waals surface area contributed by atoms with Crippen LogP contribution in [0.1, 0.15) is 101 Å². The first kappa shape index (κ1) is 35.3. The highest BCUT2D eigenvalue weighted by atomic mass is 28.4. The molecule has 0 saturated heterocycles. The number of carbonyl (C=O) groups is 2. The van der Waals surface area contributed by atoms with E-state index < -0.39 is 16.6 Å². The number of hydrogen-bond donors (Lipinski definition) is 0. The summed E-state index contributed by atoms with van der Waals surface area (Å²) in [7, 11) is -4.86. The SMILES string of the molecule is CC(=O)CCC[C@H](CC(=O)CCO[Si](c1ccccc1)(c1ccccc1)C(C)(C)C)O[Si](C(C)C)(C(C)C)C(C)C. The molecule has 0 aliphatic rings. The summed E-state index contributed by atoms with van der Waals surface area (Å²) in [6.07, 6.45) is 2.60. The number of benzene rings is 2. The molecule has 0 aromatic heterocycles. The van der Waals surface area contributed by atoms with Crippen molar-refractivity contribution < 1.29 is 18.4 Å². The van der Waals surface area contributed by atoms with E-state index in [1.54, 1.807) is 6.92 Å². The van der Waals surface area contributed by atoms with Crippen LogP contribution >= 0.6 is 0 Å². The van der Waals surface area contributed by atoms with Gasteiger partial charge in [0.1, 0.15) is 11.6 Å². The van der Waals surface area contributed by atoms with Gasteiger partial charge in [0.2, 0.25) is 8.32 Å². The fraction of sp³-hybridized carbons (Fsp3) is 0.600. The second-order valence-electron chi connectivity index (χ2n) is 13.7. The maximum absolute atomic E-state index is 13.6. The van der Waals surface area contributed by atoms with Crippen molar-refractivity contribution in [1.82, 2.24) is 0 Å². The molecule has 0 saturated carbocycles. The minimum atomic E-state index is -2.69. The second-order valence-corrected chi connectivity index (χ2v) is 23.4. The Bertz CT molecular complexity index is 1010. The molecule has 0 radical (unpaired) electrons. The van der Waals surface area contributed by atoms with Crippen molar-refractivity contribution in [1.29, 1.82) is 0 Å². The van der Waals surface area contributed by atoms with Crippen LogP contribution in [0.5, 0.6) is 0 Å². The molecule has 2 aromatic carbocycles. The molecule has 2 rings (SSSR count). The predicted octanol–water partition coefficient (Wildman–Crippen LogP) is 8.23. The van der Waals surface area contributed by atoms with Crippen molar-refractivity contribution in [2.24, 2.45) is 0 Å². The van der Waals surface area contributed by atoms with Crippen molar-refractivity contribution in [3.8, 4) is 0 Å². The largest absolute Gasteiger partial charge is 0.413 e. The molecule has 2 aromatic rings. The molecule has 1 atom stereocenters. The lowest BCUT2D eigenvalue weighted by atomic mass is 10.0. The molecule has 0 amide bonds. The van der Waals surface area contributed by atoms with Gasteiger partial charge in [-0.2, -0.15) is 0 Å². The molecule has 0 fully saturated rings. The van der Waals surface area contributed by atoms with Crippen molar-refractivity contribution in [2.45, 2.75) is 129 Å². The fourth-order valence-electron chi connectivity index (χ4n) is 6.91. The quantitative estimate of drug-likeness (QED) is 0.173. The lowest BCUT2D eigenvalue weighted by Gasteiger charge is -2.45. The molecule has 0 N–H and O–H groups in total. The molecule has 4 nitrogen and oxygen atoms in total. The molecule has 0 spiro atoms. The number of hydrogen-bond acceptors (Lipinski definition) is 4. The molecule has 0 unspecified atom stereocenters. The number of carbonyl (C=O) groups excluding carboxylic acids is 2. The van der Waals surface area contributed by atoms with E-state index in [-0.39, 0.29) is 22.7 Å². The van der Waals surface area contributed by atoms with Gasteiger partial charge in [0.05, 0.1) is 6.10 Å². The Morgan fingerprint density at radius 1 is 0.756 bits per heavy atom. The molecule has 0 aliphatic heterocycles. The van der Waals surface area contributed by atoms with Crippen LogP contribution in [-0.2, 0) is 18.4 Å². The van der Waals surface area contributed by atoms with Crippen molar-refractivity contribution in [3.63, 3.8) is 0 Å². The Labute approximate surface area is 252 Å². The van der Waals surface area contributed by atoms with Gasteiger partial charge >= 0.3 is 0 Å². The summed E-state index contributed by atoms with van der Waals surface area (Å²) in [5.41, 5.74) is 1.31. The first-order chi connectivity index (χ1) is 19.2. The Balaban J connectivity index is 2.29. The minimum absolute atomic E-state index is 0.131. The summed E-state index contributed by atoms with van der Waals surface area (Å²) in [5, 5.41) is 2.31. The molecule has 41 heavy (non-hydrogen) atoms. The van der Waals surface area contributed by atoms with E-state index in [0.29, 0.717) is 42.5 Å². The highest BCUT2D eigenvalue weighted by Crippen LogP contribution is 2.44. The lowest BCUT2D eigenvalue weighted by Crippen LogP contribution is -2.66. The van der Waals surface area contributed by atoms with Crippen LogP contribution in [0.15, 0.2) is 60.7 Å². The lowest BCUT2D eigenvalue weighted by molar-refractivity contribution is -0.121. The average Bonchev–Trinajstić information content (AvgIpc) is 2.89. The third kappa shape index (κ3) is 8.82. The zero-order valence-electron chi connectivity index (χ0n) is 27.5. The molecular weight excluding hydrogens is 541 g/mol. The highest BCUT2D eigenvalue weighted by molar-refractivity contribution is 6.99. The van der Waals surface area contributed by atoms with Crippen LogP contribution in [0.3, 0.4) is 0 Å². The molecule has 0 aliphatic carbocycles. The van der Waals surface area contributed by atoms with Gasteiger partial charge < -0.3 is 13.6 Å². The summed E-state index contributed by atoms with van der Waals surface area (Å²) >= 11 is 0. The highest BCUT2D eigenvalue weighted by Gasteiger charge is 2.50. The van der Waals surface area contributed by atoms with E-state index in [1.165, 1.54) is 10.4 Å². The van der Waals surface area contributed by atoms with Crippen molar-refractivity contribution >= 4 is 38.6 Å². The molecular formula is C35H56O4Si2. The predicted molar refractivity (Wildman–Crippen MR) is 178 cm³/mol. The fourth-order valence-corrected chi connectivity index (χ4v) is 17.1. The topological polar surface area (TPSA) is 52.6 Å². The summed E-state index contributed by atoms with van der Waals surface area (Å²) in [5.74, 6) is 0.365. The smallest absolute Gasteiger partial charge is 0.261 e. The van der Waals surface area contributed by atoms with E-state index in [2.05, 4.69) is 111 Å². The molecule has 0 heterocycles. The number of Topliss-reactive ketones (excluding diaryl/α,β-unsaturated/α-hetero) is 2. The third-order valence-electron chi connectivity index (χ3n) is 8.70. The maximum Gasteiger partial charge on any atom is 0.261 e. The maximum atomic E-state index is 13.6. The van der Waals surface area contributed by atoms with Gasteiger partial charge in [-0.15, -0.1) is 0 Å². The van der Waals surface area contributed by atoms with E-state index in [4.69, 9.17) is 8.85 Å². The molecule has 6 heteroatoms. The van der Waals surface area contributed by atoms with Gasteiger partial charge in [-0.25, -0.2) is 0 Å². The Kier molecular flexibility index (Phi) is 13.4. The normalized spacial score (nSPS) is 13.7. The minimum Gasteiger partial charge on any atom is -0.413 e. The van der Waals surface area contributed by atoms with Crippen LogP contribution in [-0.4, -0.2) is 40.9 Å². The van der Waals surface area contributed by atoms with E-state index in [0.717, 1.165) is 12.8 Å². The standard InChI is InChI=1S/C35H56O4Si2/c1-27(2)40(28(3)4,29(5)6)39-32(19-17-18-30(7)36)26-31(37)24-25-38-41(35(8,9)10,33-20-13-11-14-21-33)34-22-15-12-16-23-34/h11-16,20-23,27-29,32H,17-19,24-26H2,1-10H3/t32-/m1/s1. The zero-order chi connectivity index (χ0) is 30.8. The summed E-state index contributed by atoms with van der Waals surface area (Å²) in [6.45, 7) is 22.5. The Morgan fingerprint density at radius 2 is 1.22 bits per heavy atom. The van der Waals surface area contributed by atoms with Gasteiger partial charge in [-0.05, 0) is 51.8 Å². The van der Waals surface area contributed by atoms with E-state index in [9.17, 15) is 9.59 Å². The monoisotopic (exact) mass is 596 g/mol. The number of ketones is 2. The Hall–Kier alpha value is -1.87. The second kappa shape index (κ2) is 15.6. The third-order valence-corrected chi connectivity index (χ3v) is 19.9. The zero-order valence-corrected chi connectivity index (χ0v) is 29.5. The summed E-state index contributed by atoms with van der Waals surface area (Å²) in [6, 6.07) is 21.1.